The van der Waals surface area contributed by atoms with E-state index < -0.39 is 0 Å². The predicted octanol–water partition coefficient (Wildman–Crippen LogP) is 0.601. The maximum atomic E-state index is 9.85. The van der Waals surface area contributed by atoms with Gasteiger partial charge in [-0.25, -0.2) is 14.8 Å². The summed E-state index contributed by atoms with van der Waals surface area (Å²) in [5.74, 6) is 0.374. The topological polar surface area (TPSA) is 58.1 Å². The van der Waals surface area contributed by atoms with Crippen LogP contribution in [0.15, 0.2) is 17.5 Å². The molecule has 1 saturated carbocycles. The summed E-state index contributed by atoms with van der Waals surface area (Å²) >= 11 is 0. The van der Waals surface area contributed by atoms with Crippen LogP contribution in [0.4, 0.5) is 0 Å². The van der Waals surface area contributed by atoms with Gasteiger partial charge >= 0.3 is 0 Å². The molecule has 2 rings (SSSR count). The lowest BCUT2D eigenvalue weighted by Gasteiger charge is -1.86. The van der Waals surface area contributed by atoms with Gasteiger partial charge in [-0.3, -0.25) is 0 Å². The Morgan fingerprint density at radius 2 is 2.73 bits per heavy atom. The fourth-order valence-electron chi connectivity index (χ4n) is 1.20. The number of nitrogens with zero attached hydrogens (tertiary/aromatic N) is 2. The third kappa shape index (κ3) is 1.08. The van der Waals surface area contributed by atoms with Crippen molar-refractivity contribution in [2.24, 2.45) is 4.99 Å². The zero-order chi connectivity index (χ0) is 7.68. The first kappa shape index (κ1) is 6.31. The molecule has 1 aromatic heterocycles. The summed E-state index contributed by atoms with van der Waals surface area (Å²) < 4.78 is 0. The Kier molecular flexibility index (Phi) is 1.33. The summed E-state index contributed by atoms with van der Waals surface area (Å²) in [5.41, 5.74) is 1.06. The number of aromatic nitrogens is 2. The largest absolute Gasteiger partial charge is 0.348 e. The fraction of sp³-hybridized carbons (Fsp3) is 0.429. The highest BCUT2D eigenvalue weighted by atomic mass is 16.1. The summed E-state index contributed by atoms with van der Waals surface area (Å²) in [5, 5.41) is 0. The minimum Gasteiger partial charge on any atom is -0.348 e. The number of carbonyl (C=O) groups excluding carboxylic acids is 1. The van der Waals surface area contributed by atoms with Crippen LogP contribution < -0.4 is 0 Å². The van der Waals surface area contributed by atoms with Crippen molar-refractivity contribution in [2.75, 3.05) is 0 Å². The molecule has 56 valence electrons. The second kappa shape index (κ2) is 2.32. The molecule has 1 fully saturated rings. The lowest BCUT2D eigenvalue weighted by molar-refractivity contribution is 0.562. The summed E-state index contributed by atoms with van der Waals surface area (Å²) in [6, 6.07) is 0.146. The van der Waals surface area contributed by atoms with Gasteiger partial charge in [-0.2, -0.15) is 0 Å². The Morgan fingerprint density at radius 3 is 3.36 bits per heavy atom. The second-order valence-corrected chi connectivity index (χ2v) is 2.64. The van der Waals surface area contributed by atoms with Crippen LogP contribution in [-0.2, 0) is 4.79 Å². The van der Waals surface area contributed by atoms with Gasteiger partial charge in [0.15, 0.2) is 0 Å². The van der Waals surface area contributed by atoms with Crippen LogP contribution in [0.2, 0.25) is 0 Å². The molecule has 2 atom stereocenters. The Labute approximate surface area is 63.4 Å². The lowest BCUT2D eigenvalue weighted by Crippen LogP contribution is -1.83. The quantitative estimate of drug-likeness (QED) is 0.494. The molecule has 4 heteroatoms. The minimum atomic E-state index is 0.146. The van der Waals surface area contributed by atoms with Crippen molar-refractivity contribution in [3.05, 3.63) is 18.2 Å². The summed E-state index contributed by atoms with van der Waals surface area (Å²) in [7, 11) is 0. The van der Waals surface area contributed by atoms with E-state index in [0.717, 1.165) is 12.1 Å². The van der Waals surface area contributed by atoms with Gasteiger partial charge in [0.1, 0.15) is 0 Å². The van der Waals surface area contributed by atoms with Crippen molar-refractivity contribution in [3.8, 4) is 0 Å². The van der Waals surface area contributed by atoms with Gasteiger partial charge < -0.3 is 4.98 Å². The summed E-state index contributed by atoms with van der Waals surface area (Å²) in [6.07, 6.45) is 5.91. The molecule has 0 aliphatic heterocycles. The smallest absolute Gasteiger partial charge is 0.235 e. The van der Waals surface area contributed by atoms with E-state index in [1.54, 1.807) is 18.6 Å². The maximum Gasteiger partial charge on any atom is 0.235 e. The number of aromatic amines is 1. The number of isocyanates is 1. The first-order valence-corrected chi connectivity index (χ1v) is 3.47. The number of imidazole rings is 1. The van der Waals surface area contributed by atoms with Gasteiger partial charge in [-0.15, -0.1) is 0 Å². The van der Waals surface area contributed by atoms with Crippen molar-refractivity contribution in [1.29, 1.82) is 0 Å². The first-order chi connectivity index (χ1) is 5.42. The SMILES string of the molecule is O=C=NC1CC1c1cnc[nH]1. The van der Waals surface area contributed by atoms with Gasteiger partial charge in [0, 0.05) is 17.8 Å². The molecule has 11 heavy (non-hydrogen) atoms. The second-order valence-electron chi connectivity index (χ2n) is 2.64. The first-order valence-electron chi connectivity index (χ1n) is 3.47. The molecule has 4 nitrogen and oxygen atoms in total. The Morgan fingerprint density at radius 1 is 1.82 bits per heavy atom. The molecule has 0 spiro atoms. The van der Waals surface area contributed by atoms with Crippen LogP contribution in [0, 0.1) is 0 Å². The van der Waals surface area contributed by atoms with Crippen molar-refractivity contribution >= 4 is 6.08 Å². The molecule has 0 radical (unpaired) electrons. The van der Waals surface area contributed by atoms with E-state index in [1.807, 2.05) is 0 Å². The van der Waals surface area contributed by atoms with Crippen LogP contribution in [0.3, 0.4) is 0 Å². The standard InChI is InChI=1S/C7H7N3O/c11-4-10-6-1-5(6)7-2-8-3-9-7/h2-3,5-6H,1H2,(H,8,9). The maximum absolute atomic E-state index is 9.85. The van der Waals surface area contributed by atoms with Gasteiger partial charge in [-0.05, 0) is 6.42 Å². The number of aliphatic imine (C=N–C) groups is 1. The molecule has 1 N–H and O–H groups in total. The van der Waals surface area contributed by atoms with E-state index in [2.05, 4.69) is 15.0 Å². The number of H-pyrrole nitrogens is 1. The number of nitrogens with one attached hydrogen (secondary N) is 1. The fourth-order valence-corrected chi connectivity index (χ4v) is 1.20. The highest BCUT2D eigenvalue weighted by Gasteiger charge is 2.39. The van der Waals surface area contributed by atoms with E-state index in [9.17, 15) is 4.79 Å². The molecule has 0 bridgehead atoms. The molecule has 1 aliphatic rings. The third-order valence-corrected chi connectivity index (χ3v) is 1.89. The van der Waals surface area contributed by atoms with Crippen molar-refractivity contribution in [3.63, 3.8) is 0 Å². The highest BCUT2D eigenvalue weighted by molar-refractivity contribution is 5.36. The van der Waals surface area contributed by atoms with Gasteiger partial charge in [0.25, 0.3) is 0 Å². The Bertz CT molecular complexity index is 287. The monoisotopic (exact) mass is 149 g/mol. The van der Waals surface area contributed by atoms with E-state index in [0.29, 0.717) is 5.92 Å². The number of hydrogen-bond donors (Lipinski definition) is 1. The number of hydrogen-bond acceptors (Lipinski definition) is 3. The molecular weight excluding hydrogens is 142 g/mol. The molecule has 2 unspecified atom stereocenters. The van der Waals surface area contributed by atoms with Gasteiger partial charge in [0.05, 0.1) is 12.4 Å². The van der Waals surface area contributed by atoms with E-state index >= 15 is 0 Å². The third-order valence-electron chi connectivity index (χ3n) is 1.89. The van der Waals surface area contributed by atoms with Gasteiger partial charge in [-0.1, -0.05) is 0 Å². The zero-order valence-corrected chi connectivity index (χ0v) is 5.82. The van der Waals surface area contributed by atoms with Crippen LogP contribution in [0.1, 0.15) is 18.0 Å². The predicted molar refractivity (Wildman–Crippen MR) is 37.9 cm³/mol. The molecule has 1 aliphatic carbocycles. The van der Waals surface area contributed by atoms with Crippen LogP contribution in [0.5, 0.6) is 0 Å². The van der Waals surface area contributed by atoms with Crippen LogP contribution >= 0.6 is 0 Å². The minimum absolute atomic E-state index is 0.146. The van der Waals surface area contributed by atoms with Crippen molar-refractivity contribution in [2.45, 2.75) is 18.4 Å². The Balaban J connectivity index is 2.07. The van der Waals surface area contributed by atoms with E-state index in [-0.39, 0.29) is 6.04 Å². The molecular formula is C7H7N3O. The average molecular weight is 149 g/mol. The lowest BCUT2D eigenvalue weighted by atomic mass is 10.3. The molecule has 0 amide bonds. The normalized spacial score (nSPS) is 27.6. The molecule has 1 heterocycles. The highest BCUT2D eigenvalue weighted by Crippen LogP contribution is 2.41. The van der Waals surface area contributed by atoms with Gasteiger partial charge in [0.2, 0.25) is 6.08 Å². The van der Waals surface area contributed by atoms with E-state index in [4.69, 9.17) is 0 Å². The molecule has 0 saturated heterocycles. The van der Waals surface area contributed by atoms with Crippen molar-refractivity contribution in [1.82, 2.24) is 9.97 Å². The summed E-state index contributed by atoms with van der Waals surface area (Å²) in [4.78, 5) is 20.3. The van der Waals surface area contributed by atoms with Crippen LogP contribution in [0.25, 0.3) is 0 Å². The number of rotatable bonds is 2. The van der Waals surface area contributed by atoms with Crippen molar-refractivity contribution < 1.29 is 4.79 Å². The molecule has 1 aromatic rings. The Hall–Kier alpha value is -1.41. The average Bonchev–Trinajstić information content (AvgIpc) is 2.61. The van der Waals surface area contributed by atoms with E-state index in [1.165, 1.54) is 0 Å². The van der Waals surface area contributed by atoms with Crippen LogP contribution in [-0.4, -0.2) is 22.1 Å². The molecule has 0 aromatic carbocycles. The summed E-state index contributed by atoms with van der Waals surface area (Å²) in [6.45, 7) is 0. The zero-order valence-electron chi connectivity index (χ0n) is 5.82.